The normalized spacial score (nSPS) is 11.0. The molecule has 1 aromatic heterocycles. The van der Waals surface area contributed by atoms with Crippen molar-refractivity contribution in [3.8, 4) is 0 Å². The molecule has 0 saturated heterocycles. The first-order chi connectivity index (χ1) is 9.38. The minimum absolute atomic E-state index is 0.222. The molecule has 0 spiro atoms. The van der Waals surface area contributed by atoms with E-state index in [0.29, 0.717) is 10.3 Å². The number of rotatable bonds is 4. The van der Waals surface area contributed by atoms with E-state index in [1.807, 2.05) is 0 Å². The molecule has 0 aliphatic carbocycles. The van der Waals surface area contributed by atoms with E-state index in [-0.39, 0.29) is 24.3 Å². The van der Waals surface area contributed by atoms with Gasteiger partial charge in [0.2, 0.25) is 0 Å². The van der Waals surface area contributed by atoms with Crippen LogP contribution in [0.1, 0.15) is 23.5 Å². The van der Waals surface area contributed by atoms with Gasteiger partial charge in [0.15, 0.2) is 0 Å². The predicted molar refractivity (Wildman–Crippen MR) is 75.6 cm³/mol. The van der Waals surface area contributed by atoms with E-state index in [2.05, 4.69) is 0 Å². The molecule has 1 aromatic carbocycles. The average molecular weight is 295 g/mol. The van der Waals surface area contributed by atoms with Gasteiger partial charge in [0.1, 0.15) is 12.4 Å². The monoisotopic (exact) mass is 295 g/mol. The van der Waals surface area contributed by atoms with Crippen molar-refractivity contribution < 1.29 is 19.1 Å². The summed E-state index contributed by atoms with van der Waals surface area (Å²) in [5, 5.41) is 9.52. The fourth-order valence-electron chi connectivity index (χ4n) is 1.90. The van der Waals surface area contributed by atoms with Crippen molar-refractivity contribution in [2.24, 2.45) is 0 Å². The van der Waals surface area contributed by atoms with Crippen LogP contribution in [0, 0.1) is 5.82 Å². The summed E-state index contributed by atoms with van der Waals surface area (Å²) < 4.78 is 13.9. The van der Waals surface area contributed by atoms with E-state index in [1.165, 1.54) is 28.4 Å². The van der Waals surface area contributed by atoms with Gasteiger partial charge < -0.3 is 10.0 Å². The topological polar surface area (TPSA) is 57.6 Å². The summed E-state index contributed by atoms with van der Waals surface area (Å²) in [6.45, 7) is 3.17. The fraction of sp³-hybridized carbons (Fsp3) is 0.286. The Morgan fingerprint density at radius 1 is 1.35 bits per heavy atom. The van der Waals surface area contributed by atoms with Crippen molar-refractivity contribution in [3.05, 3.63) is 35.0 Å². The van der Waals surface area contributed by atoms with Crippen molar-refractivity contribution in [1.29, 1.82) is 0 Å². The first-order valence-corrected chi connectivity index (χ1v) is 6.92. The van der Waals surface area contributed by atoms with Crippen LogP contribution in [-0.2, 0) is 4.79 Å². The molecule has 0 radical (unpaired) electrons. The van der Waals surface area contributed by atoms with Crippen molar-refractivity contribution in [2.75, 3.05) is 6.54 Å². The number of hydrogen-bond acceptors (Lipinski definition) is 3. The number of nitrogens with zero attached hydrogens (tertiary/aromatic N) is 1. The maximum atomic E-state index is 13.1. The second-order valence-electron chi connectivity index (χ2n) is 4.71. The van der Waals surface area contributed by atoms with Crippen molar-refractivity contribution in [1.82, 2.24) is 4.90 Å². The van der Waals surface area contributed by atoms with Crippen molar-refractivity contribution in [3.63, 3.8) is 0 Å². The lowest BCUT2D eigenvalue weighted by atomic mass is 10.2. The van der Waals surface area contributed by atoms with Gasteiger partial charge in [-0.05, 0) is 43.5 Å². The third-order valence-electron chi connectivity index (χ3n) is 2.88. The Kier molecular flexibility index (Phi) is 4.04. The first kappa shape index (κ1) is 14.5. The molecule has 2 aromatic rings. The molecule has 0 aliphatic heterocycles. The molecule has 2 rings (SSSR count). The fourth-order valence-corrected chi connectivity index (χ4v) is 2.89. The summed E-state index contributed by atoms with van der Waals surface area (Å²) in [6, 6.07) is 5.69. The van der Waals surface area contributed by atoms with Gasteiger partial charge in [-0.3, -0.25) is 9.59 Å². The van der Waals surface area contributed by atoms with E-state index in [4.69, 9.17) is 5.11 Å². The molecule has 4 nitrogen and oxygen atoms in total. The van der Waals surface area contributed by atoms with Gasteiger partial charge in [0.05, 0.1) is 4.88 Å². The summed E-state index contributed by atoms with van der Waals surface area (Å²) in [5.74, 6) is -1.76. The van der Waals surface area contributed by atoms with Gasteiger partial charge in [-0.25, -0.2) is 4.39 Å². The Labute approximate surface area is 119 Å². The molecular weight excluding hydrogens is 281 g/mol. The SMILES string of the molecule is CC(C)N(CC(=O)O)C(=O)c1cc2cc(F)ccc2s1. The summed E-state index contributed by atoms with van der Waals surface area (Å²) >= 11 is 1.24. The third-order valence-corrected chi connectivity index (χ3v) is 3.98. The maximum absolute atomic E-state index is 13.1. The molecule has 0 unspecified atom stereocenters. The summed E-state index contributed by atoms with van der Waals surface area (Å²) in [4.78, 5) is 24.9. The smallest absolute Gasteiger partial charge is 0.323 e. The lowest BCUT2D eigenvalue weighted by molar-refractivity contribution is -0.138. The number of carbonyl (C=O) groups excluding carboxylic acids is 1. The zero-order valence-electron chi connectivity index (χ0n) is 11.1. The maximum Gasteiger partial charge on any atom is 0.323 e. The van der Waals surface area contributed by atoms with Crippen LogP contribution in [0.15, 0.2) is 24.3 Å². The highest BCUT2D eigenvalue weighted by molar-refractivity contribution is 7.20. The van der Waals surface area contributed by atoms with E-state index in [9.17, 15) is 14.0 Å². The lowest BCUT2D eigenvalue weighted by Crippen LogP contribution is -2.40. The minimum Gasteiger partial charge on any atom is -0.480 e. The molecule has 106 valence electrons. The summed E-state index contributed by atoms with van der Waals surface area (Å²) in [7, 11) is 0. The molecule has 1 N–H and O–H groups in total. The van der Waals surface area contributed by atoms with Gasteiger partial charge in [-0.15, -0.1) is 11.3 Å². The number of halogens is 1. The Balaban J connectivity index is 2.35. The van der Waals surface area contributed by atoms with Crippen molar-refractivity contribution >= 4 is 33.3 Å². The molecule has 0 bridgehead atoms. The predicted octanol–water partition coefficient (Wildman–Crippen LogP) is 2.98. The standard InChI is InChI=1S/C14H14FNO3S/c1-8(2)16(7-13(17)18)14(19)12-6-9-5-10(15)3-4-11(9)20-12/h3-6,8H,7H2,1-2H3,(H,17,18). The Morgan fingerprint density at radius 2 is 2.05 bits per heavy atom. The van der Waals surface area contributed by atoms with Crippen LogP contribution in [0.25, 0.3) is 10.1 Å². The molecule has 6 heteroatoms. The van der Waals surface area contributed by atoms with Gasteiger partial charge in [-0.2, -0.15) is 0 Å². The van der Waals surface area contributed by atoms with Crippen LogP contribution in [0.2, 0.25) is 0 Å². The van der Waals surface area contributed by atoms with Crippen LogP contribution < -0.4 is 0 Å². The number of carboxylic acid groups (broad SMARTS) is 1. The molecule has 1 heterocycles. The molecule has 0 aliphatic rings. The van der Waals surface area contributed by atoms with Crippen LogP contribution in [0.3, 0.4) is 0 Å². The largest absolute Gasteiger partial charge is 0.480 e. The number of benzene rings is 1. The molecule has 0 atom stereocenters. The zero-order valence-corrected chi connectivity index (χ0v) is 11.9. The van der Waals surface area contributed by atoms with Gasteiger partial charge in [0, 0.05) is 10.7 Å². The van der Waals surface area contributed by atoms with E-state index >= 15 is 0 Å². The highest BCUT2D eigenvalue weighted by Gasteiger charge is 2.23. The van der Waals surface area contributed by atoms with E-state index < -0.39 is 5.97 Å². The highest BCUT2D eigenvalue weighted by atomic mass is 32.1. The number of thiophene rings is 1. The van der Waals surface area contributed by atoms with Crippen LogP contribution in [0.4, 0.5) is 4.39 Å². The summed E-state index contributed by atoms with van der Waals surface area (Å²) in [6.07, 6.45) is 0. The Hall–Kier alpha value is -1.95. The zero-order chi connectivity index (χ0) is 14.9. The van der Waals surface area contributed by atoms with E-state index in [1.54, 1.807) is 26.0 Å². The summed E-state index contributed by atoms with van der Waals surface area (Å²) in [5.41, 5.74) is 0. The highest BCUT2D eigenvalue weighted by Crippen LogP contribution is 2.27. The third kappa shape index (κ3) is 2.96. The Bertz CT molecular complexity index is 665. The van der Waals surface area contributed by atoms with Crippen LogP contribution in [0.5, 0.6) is 0 Å². The minimum atomic E-state index is -1.06. The van der Waals surface area contributed by atoms with E-state index in [0.717, 1.165) is 4.70 Å². The lowest BCUT2D eigenvalue weighted by Gasteiger charge is -2.24. The van der Waals surface area contributed by atoms with Crippen LogP contribution in [-0.4, -0.2) is 34.5 Å². The second-order valence-corrected chi connectivity index (χ2v) is 5.80. The second kappa shape index (κ2) is 5.58. The molecule has 20 heavy (non-hydrogen) atoms. The average Bonchev–Trinajstić information content (AvgIpc) is 2.77. The quantitative estimate of drug-likeness (QED) is 0.943. The first-order valence-electron chi connectivity index (χ1n) is 6.10. The van der Waals surface area contributed by atoms with Gasteiger partial charge >= 0.3 is 5.97 Å². The number of fused-ring (bicyclic) bond motifs is 1. The molecular formula is C14H14FNO3S. The number of carboxylic acids is 1. The van der Waals surface area contributed by atoms with Gasteiger partial charge in [-0.1, -0.05) is 0 Å². The molecule has 0 saturated carbocycles. The van der Waals surface area contributed by atoms with Crippen LogP contribution >= 0.6 is 11.3 Å². The van der Waals surface area contributed by atoms with Crippen molar-refractivity contribution in [2.45, 2.75) is 19.9 Å². The molecule has 0 fully saturated rings. The Morgan fingerprint density at radius 3 is 2.65 bits per heavy atom. The van der Waals surface area contributed by atoms with Gasteiger partial charge in [0.25, 0.3) is 5.91 Å². The number of aliphatic carboxylic acids is 1. The molecule has 1 amide bonds. The number of amides is 1. The number of hydrogen-bond donors (Lipinski definition) is 1. The number of carbonyl (C=O) groups is 2.